The molecule has 0 heterocycles. The number of hydrogen-bond acceptors (Lipinski definition) is 6. The Balaban J connectivity index is 2.43. The summed E-state index contributed by atoms with van der Waals surface area (Å²) in [5, 5.41) is 0. The molecule has 2 aromatic carbocycles. The molecule has 2 rings (SSSR count). The molecule has 0 aromatic heterocycles. The Morgan fingerprint density at radius 2 is 1.50 bits per heavy atom. The monoisotopic (exact) mass is 400 g/mol. The number of nitrogens with zero attached hydrogens (tertiary/aromatic N) is 1. The molecule has 0 amide bonds. The molecule has 10 heteroatoms. The van der Waals surface area contributed by atoms with Crippen LogP contribution in [0.1, 0.15) is 0 Å². The zero-order valence-electron chi connectivity index (χ0n) is 14.8. The Labute approximate surface area is 153 Å². The average molecular weight is 400 g/mol. The van der Waals surface area contributed by atoms with Crippen molar-refractivity contribution >= 4 is 25.7 Å². The van der Waals surface area contributed by atoms with E-state index in [1.165, 1.54) is 70.8 Å². The van der Waals surface area contributed by atoms with Gasteiger partial charge < -0.3 is 9.47 Å². The highest BCUT2D eigenvalue weighted by Gasteiger charge is 2.24. The highest BCUT2D eigenvalue weighted by Crippen LogP contribution is 2.30. The van der Waals surface area contributed by atoms with Crippen LogP contribution in [0.15, 0.2) is 52.3 Å². The van der Waals surface area contributed by atoms with Crippen molar-refractivity contribution in [3.63, 3.8) is 0 Å². The molecular formula is C16H20N2O6S2. The van der Waals surface area contributed by atoms with Crippen molar-refractivity contribution in [3.8, 4) is 11.5 Å². The number of rotatable bonds is 7. The summed E-state index contributed by atoms with van der Waals surface area (Å²) < 4.78 is 63.3. The Morgan fingerprint density at radius 3 is 2.00 bits per heavy atom. The van der Waals surface area contributed by atoms with Gasteiger partial charge in [0.05, 0.1) is 24.8 Å². The third kappa shape index (κ3) is 4.09. The molecule has 0 aliphatic rings. The fourth-order valence-corrected chi connectivity index (χ4v) is 4.23. The number of benzene rings is 2. The molecule has 0 bridgehead atoms. The van der Waals surface area contributed by atoms with Crippen LogP contribution >= 0.6 is 0 Å². The van der Waals surface area contributed by atoms with Gasteiger partial charge in [0, 0.05) is 14.1 Å². The summed E-state index contributed by atoms with van der Waals surface area (Å²) >= 11 is 0. The summed E-state index contributed by atoms with van der Waals surface area (Å²) in [7, 11) is -2.14. The molecule has 0 unspecified atom stereocenters. The summed E-state index contributed by atoms with van der Waals surface area (Å²) in [6.45, 7) is 0. The lowest BCUT2D eigenvalue weighted by atomic mass is 10.3. The van der Waals surface area contributed by atoms with E-state index in [9.17, 15) is 16.8 Å². The quantitative estimate of drug-likeness (QED) is 0.760. The number of sulfonamides is 2. The second-order valence-corrected chi connectivity index (χ2v) is 9.24. The van der Waals surface area contributed by atoms with Crippen molar-refractivity contribution < 1.29 is 26.3 Å². The third-order valence-corrected chi connectivity index (χ3v) is 6.78. The van der Waals surface area contributed by atoms with Crippen molar-refractivity contribution in [2.24, 2.45) is 0 Å². The van der Waals surface area contributed by atoms with E-state index in [0.29, 0.717) is 5.75 Å². The van der Waals surface area contributed by atoms with Crippen molar-refractivity contribution in [2.75, 3.05) is 33.0 Å². The minimum absolute atomic E-state index is 0.0196. The van der Waals surface area contributed by atoms with Gasteiger partial charge in [0.15, 0.2) is 0 Å². The molecule has 0 radical (unpaired) electrons. The van der Waals surface area contributed by atoms with Crippen LogP contribution in [0, 0.1) is 0 Å². The lowest BCUT2D eigenvalue weighted by molar-refractivity contribution is 0.400. The largest absolute Gasteiger partial charge is 0.497 e. The van der Waals surface area contributed by atoms with Crippen molar-refractivity contribution in [2.45, 2.75) is 9.79 Å². The van der Waals surface area contributed by atoms with Crippen LogP contribution in [0.25, 0.3) is 0 Å². The molecule has 0 saturated carbocycles. The Morgan fingerprint density at radius 1 is 0.885 bits per heavy atom. The van der Waals surface area contributed by atoms with Crippen LogP contribution < -0.4 is 14.2 Å². The molecule has 0 aliphatic heterocycles. The predicted octanol–water partition coefficient (Wildman–Crippen LogP) is 1.75. The van der Waals surface area contributed by atoms with Gasteiger partial charge in [0.2, 0.25) is 10.0 Å². The summed E-state index contributed by atoms with van der Waals surface area (Å²) in [6.07, 6.45) is 0. The Kier molecular flexibility index (Phi) is 5.79. The maximum absolute atomic E-state index is 12.5. The van der Waals surface area contributed by atoms with Crippen LogP contribution in [-0.2, 0) is 20.0 Å². The number of anilines is 1. The molecule has 0 spiro atoms. The SMILES string of the molecule is COc1ccc(S(=O)(=O)Nc2ccc(OC)c(S(=O)(=O)N(C)C)c2)cc1. The Hall–Kier alpha value is -2.30. The topological polar surface area (TPSA) is 102 Å². The predicted molar refractivity (Wildman–Crippen MR) is 97.7 cm³/mol. The van der Waals surface area contributed by atoms with Crippen molar-refractivity contribution in [1.82, 2.24) is 4.31 Å². The second-order valence-electron chi connectivity index (χ2n) is 5.43. The first-order valence-electron chi connectivity index (χ1n) is 7.39. The van der Waals surface area contributed by atoms with E-state index < -0.39 is 20.0 Å². The summed E-state index contributed by atoms with van der Waals surface area (Å²) in [4.78, 5) is -0.119. The van der Waals surface area contributed by atoms with E-state index in [0.717, 1.165) is 4.31 Å². The number of nitrogens with one attached hydrogen (secondary N) is 1. The fraction of sp³-hybridized carbons (Fsp3) is 0.250. The van der Waals surface area contributed by atoms with E-state index >= 15 is 0 Å². The minimum Gasteiger partial charge on any atom is -0.497 e. The number of hydrogen-bond donors (Lipinski definition) is 1. The van der Waals surface area contributed by atoms with Crippen molar-refractivity contribution in [1.29, 1.82) is 0 Å². The first kappa shape index (κ1) is 20.0. The van der Waals surface area contributed by atoms with Crippen LogP contribution in [0.2, 0.25) is 0 Å². The summed E-state index contributed by atoms with van der Waals surface area (Å²) in [5.41, 5.74) is 0.0991. The molecule has 142 valence electrons. The highest BCUT2D eigenvalue weighted by molar-refractivity contribution is 7.92. The minimum atomic E-state index is -3.90. The summed E-state index contributed by atoms with van der Waals surface area (Å²) in [5.74, 6) is 0.638. The lowest BCUT2D eigenvalue weighted by Gasteiger charge is -2.16. The molecule has 0 fully saturated rings. The maximum atomic E-state index is 12.5. The average Bonchev–Trinajstić information content (AvgIpc) is 2.61. The first-order chi connectivity index (χ1) is 12.1. The molecule has 2 aromatic rings. The van der Waals surface area contributed by atoms with E-state index in [1.54, 1.807) is 0 Å². The first-order valence-corrected chi connectivity index (χ1v) is 10.3. The lowest BCUT2D eigenvalue weighted by Crippen LogP contribution is -2.23. The Bertz CT molecular complexity index is 984. The van der Waals surface area contributed by atoms with E-state index in [-0.39, 0.29) is 21.2 Å². The van der Waals surface area contributed by atoms with E-state index in [1.807, 2.05) is 0 Å². The summed E-state index contributed by atoms with van der Waals surface area (Å²) in [6, 6.07) is 9.85. The maximum Gasteiger partial charge on any atom is 0.261 e. The van der Waals surface area contributed by atoms with E-state index in [2.05, 4.69) is 4.72 Å². The molecule has 0 saturated heterocycles. The van der Waals surface area contributed by atoms with Crippen LogP contribution in [0.3, 0.4) is 0 Å². The molecular weight excluding hydrogens is 380 g/mol. The van der Waals surface area contributed by atoms with Crippen molar-refractivity contribution in [3.05, 3.63) is 42.5 Å². The second kappa shape index (κ2) is 7.52. The molecule has 26 heavy (non-hydrogen) atoms. The molecule has 0 atom stereocenters. The van der Waals surface area contributed by atoms with Crippen LogP contribution in [0.4, 0.5) is 5.69 Å². The zero-order chi connectivity index (χ0) is 19.5. The zero-order valence-corrected chi connectivity index (χ0v) is 16.4. The van der Waals surface area contributed by atoms with Gasteiger partial charge in [-0.05, 0) is 42.5 Å². The van der Waals surface area contributed by atoms with Crippen LogP contribution in [-0.4, -0.2) is 49.5 Å². The number of ether oxygens (including phenoxy) is 2. The molecule has 1 N–H and O–H groups in total. The van der Waals surface area contributed by atoms with Gasteiger partial charge >= 0.3 is 0 Å². The number of methoxy groups -OCH3 is 2. The fourth-order valence-electron chi connectivity index (χ4n) is 2.11. The van der Waals surface area contributed by atoms with Crippen LogP contribution in [0.5, 0.6) is 11.5 Å². The van der Waals surface area contributed by atoms with Gasteiger partial charge in [-0.3, -0.25) is 4.72 Å². The normalized spacial score (nSPS) is 12.0. The standard InChI is InChI=1S/C16H20N2O6S2/c1-18(2)26(21,22)16-11-12(5-10-15(16)24-4)17-25(19,20)14-8-6-13(23-3)7-9-14/h5-11,17H,1-4H3. The van der Waals surface area contributed by atoms with Gasteiger partial charge in [-0.1, -0.05) is 0 Å². The highest BCUT2D eigenvalue weighted by atomic mass is 32.2. The van der Waals surface area contributed by atoms with Gasteiger partial charge in [-0.15, -0.1) is 0 Å². The van der Waals surface area contributed by atoms with Gasteiger partial charge in [0.1, 0.15) is 16.4 Å². The molecule has 8 nitrogen and oxygen atoms in total. The van der Waals surface area contributed by atoms with Gasteiger partial charge in [-0.25, -0.2) is 21.1 Å². The third-order valence-electron chi connectivity index (χ3n) is 3.54. The molecule has 0 aliphatic carbocycles. The van der Waals surface area contributed by atoms with Gasteiger partial charge in [-0.2, -0.15) is 0 Å². The van der Waals surface area contributed by atoms with E-state index in [4.69, 9.17) is 9.47 Å². The smallest absolute Gasteiger partial charge is 0.261 e. The van der Waals surface area contributed by atoms with Gasteiger partial charge in [0.25, 0.3) is 10.0 Å².